The molecule has 0 aliphatic rings. The van der Waals surface area contributed by atoms with E-state index in [1.165, 1.54) is 6.07 Å². The van der Waals surface area contributed by atoms with Crippen molar-refractivity contribution in [3.63, 3.8) is 0 Å². The molecular formula is C61H41F6N3. The maximum atomic E-state index is 15.0. The molecule has 70 heavy (non-hydrogen) atoms. The molecule has 0 aliphatic heterocycles. The second-order valence-electron chi connectivity index (χ2n) is 18.3. The van der Waals surface area contributed by atoms with Crippen LogP contribution in [0.25, 0.3) is 99.5 Å². The molecular weight excluding hydrogens is 889 g/mol. The number of aryl methyl sites for hydroxylation is 4. The Balaban J connectivity index is 1.23. The van der Waals surface area contributed by atoms with Crippen molar-refractivity contribution < 1.29 is 26.3 Å². The van der Waals surface area contributed by atoms with Crippen LogP contribution < -0.4 is 0 Å². The second kappa shape index (κ2) is 16.4. The van der Waals surface area contributed by atoms with Gasteiger partial charge in [-0.3, -0.25) is 0 Å². The number of nitriles is 1. The van der Waals surface area contributed by atoms with Crippen molar-refractivity contribution in [2.75, 3.05) is 0 Å². The first-order valence-corrected chi connectivity index (χ1v) is 22.8. The van der Waals surface area contributed by atoms with Crippen LogP contribution in [0.5, 0.6) is 0 Å². The summed E-state index contributed by atoms with van der Waals surface area (Å²) in [7, 11) is 0. The third-order valence-corrected chi connectivity index (χ3v) is 13.3. The van der Waals surface area contributed by atoms with Gasteiger partial charge in [-0.25, -0.2) is 0 Å². The standard InChI is InChI=1S/C61H41F6N3/c1-35-23-36(2)26-43(25-35)40-14-20-57-50(30-40)47-9-5-7-11-54(47)69(57)56-19-13-39(34-68)29-49(56)52-32-42(46-18-17-45(60(62,63)64)33-53(46)61(65,66)67)16-22-59(52)70-55-12-8-6-10-48(55)51-31-41(15-21-58(51)70)44-27-37(3)24-38(4)28-44/h5-33H,1-4H3. The molecule has 0 N–H and O–H groups in total. The molecule has 11 aromatic rings. The monoisotopic (exact) mass is 929 g/mol. The third kappa shape index (κ3) is 7.57. The van der Waals surface area contributed by atoms with Gasteiger partial charge in [-0.1, -0.05) is 119 Å². The van der Waals surface area contributed by atoms with E-state index in [1.54, 1.807) is 24.3 Å². The Morgan fingerprint density at radius 2 is 0.829 bits per heavy atom. The lowest BCUT2D eigenvalue weighted by Crippen LogP contribution is -2.12. The van der Waals surface area contributed by atoms with Crippen molar-refractivity contribution in [1.29, 1.82) is 5.26 Å². The average molecular weight is 930 g/mol. The molecule has 0 aliphatic carbocycles. The zero-order valence-electron chi connectivity index (χ0n) is 38.4. The zero-order valence-corrected chi connectivity index (χ0v) is 38.4. The first-order chi connectivity index (χ1) is 33.5. The number of aromatic nitrogens is 2. The van der Waals surface area contributed by atoms with Gasteiger partial charge in [-0.2, -0.15) is 31.6 Å². The Morgan fingerprint density at radius 1 is 0.371 bits per heavy atom. The van der Waals surface area contributed by atoms with Crippen LogP contribution in [0.1, 0.15) is 38.9 Å². The molecule has 9 aromatic carbocycles. The molecule has 0 atom stereocenters. The summed E-state index contributed by atoms with van der Waals surface area (Å²) < 4.78 is 91.2. The van der Waals surface area contributed by atoms with Gasteiger partial charge >= 0.3 is 12.4 Å². The molecule has 0 amide bonds. The van der Waals surface area contributed by atoms with Gasteiger partial charge in [-0.05, 0) is 140 Å². The van der Waals surface area contributed by atoms with Gasteiger partial charge in [0.15, 0.2) is 0 Å². The van der Waals surface area contributed by atoms with Crippen LogP contribution in [0.4, 0.5) is 26.3 Å². The molecule has 2 heterocycles. The number of hydrogen-bond donors (Lipinski definition) is 0. The Morgan fingerprint density at radius 3 is 1.31 bits per heavy atom. The number of alkyl halides is 6. The number of nitrogens with zero attached hydrogens (tertiary/aromatic N) is 3. The van der Waals surface area contributed by atoms with E-state index in [9.17, 15) is 31.6 Å². The highest BCUT2D eigenvalue weighted by atomic mass is 19.4. The largest absolute Gasteiger partial charge is 0.417 e. The van der Waals surface area contributed by atoms with Gasteiger partial charge in [0.1, 0.15) is 0 Å². The highest BCUT2D eigenvalue weighted by Gasteiger charge is 2.38. The topological polar surface area (TPSA) is 33.6 Å². The lowest BCUT2D eigenvalue weighted by molar-refractivity contribution is -0.142. The predicted octanol–water partition coefficient (Wildman–Crippen LogP) is 17.7. The highest BCUT2D eigenvalue weighted by Crippen LogP contribution is 2.46. The Kier molecular flexibility index (Phi) is 10.4. The molecule has 0 spiro atoms. The molecule has 3 nitrogen and oxygen atoms in total. The van der Waals surface area contributed by atoms with E-state index >= 15 is 0 Å². The van der Waals surface area contributed by atoms with Gasteiger partial charge in [-0.15, -0.1) is 0 Å². The van der Waals surface area contributed by atoms with Gasteiger partial charge in [0.2, 0.25) is 0 Å². The first kappa shape index (κ1) is 44.2. The van der Waals surface area contributed by atoms with Gasteiger partial charge in [0.25, 0.3) is 0 Å². The predicted molar refractivity (Wildman–Crippen MR) is 271 cm³/mol. The van der Waals surface area contributed by atoms with Crippen molar-refractivity contribution in [3.05, 3.63) is 215 Å². The maximum absolute atomic E-state index is 15.0. The van der Waals surface area contributed by atoms with Crippen molar-refractivity contribution in [2.24, 2.45) is 0 Å². The van der Waals surface area contributed by atoms with Gasteiger partial charge in [0.05, 0.1) is 56.2 Å². The number of fused-ring (bicyclic) bond motifs is 6. The Bertz CT molecular complexity index is 3950. The van der Waals surface area contributed by atoms with Crippen LogP contribution in [-0.2, 0) is 12.4 Å². The quantitative estimate of drug-likeness (QED) is 0.153. The maximum Gasteiger partial charge on any atom is 0.417 e. The second-order valence-corrected chi connectivity index (χ2v) is 18.3. The van der Waals surface area contributed by atoms with E-state index in [0.29, 0.717) is 34.1 Å². The van der Waals surface area contributed by atoms with Crippen molar-refractivity contribution in [1.82, 2.24) is 9.13 Å². The zero-order chi connectivity index (χ0) is 48.8. The van der Waals surface area contributed by atoms with Crippen LogP contribution in [0.15, 0.2) is 176 Å². The van der Waals surface area contributed by atoms with Gasteiger partial charge in [0, 0.05) is 32.7 Å². The molecule has 0 saturated heterocycles. The minimum Gasteiger partial charge on any atom is -0.309 e. The summed E-state index contributed by atoms with van der Waals surface area (Å²) in [5.41, 5.74) is 11.4. The van der Waals surface area contributed by atoms with Crippen molar-refractivity contribution in [2.45, 2.75) is 40.0 Å². The van der Waals surface area contributed by atoms with Crippen LogP contribution in [0.3, 0.4) is 0 Å². The number of rotatable bonds is 6. The van der Waals surface area contributed by atoms with Crippen LogP contribution in [-0.4, -0.2) is 9.13 Å². The molecule has 9 heteroatoms. The molecule has 0 saturated carbocycles. The van der Waals surface area contributed by atoms with E-state index in [2.05, 4.69) is 116 Å². The summed E-state index contributed by atoms with van der Waals surface area (Å²) in [5, 5.41) is 14.3. The Labute approximate surface area is 399 Å². The molecule has 342 valence electrons. The highest BCUT2D eigenvalue weighted by molar-refractivity contribution is 6.13. The van der Waals surface area contributed by atoms with E-state index < -0.39 is 29.0 Å². The summed E-state index contributed by atoms with van der Waals surface area (Å²) in [6, 6.07) is 55.6. The molecule has 0 fully saturated rings. The summed E-state index contributed by atoms with van der Waals surface area (Å²) in [5.74, 6) is 0. The first-order valence-electron chi connectivity index (χ1n) is 22.8. The van der Waals surface area contributed by atoms with Crippen molar-refractivity contribution >= 4 is 43.6 Å². The molecule has 11 rings (SSSR count). The molecule has 2 aromatic heterocycles. The number of halogens is 6. The number of benzene rings is 9. The van der Waals surface area contributed by atoms with Crippen LogP contribution >= 0.6 is 0 Å². The summed E-state index contributed by atoms with van der Waals surface area (Å²) >= 11 is 0. The summed E-state index contributed by atoms with van der Waals surface area (Å²) in [4.78, 5) is 0. The number of hydrogen-bond acceptors (Lipinski definition) is 1. The fourth-order valence-electron chi connectivity index (χ4n) is 10.4. The summed E-state index contributed by atoms with van der Waals surface area (Å²) in [6.07, 6.45) is -10.1. The normalized spacial score (nSPS) is 12.1. The minimum absolute atomic E-state index is 0.0475. The third-order valence-electron chi connectivity index (χ3n) is 13.3. The van der Waals surface area contributed by atoms with Gasteiger partial charge < -0.3 is 9.13 Å². The van der Waals surface area contributed by atoms with Crippen LogP contribution in [0.2, 0.25) is 0 Å². The molecule has 0 bridgehead atoms. The number of para-hydroxylation sites is 2. The lowest BCUT2D eigenvalue weighted by Gasteiger charge is -2.21. The van der Waals surface area contributed by atoms with E-state index in [0.717, 1.165) is 94.2 Å². The smallest absolute Gasteiger partial charge is 0.309 e. The van der Waals surface area contributed by atoms with E-state index in [4.69, 9.17) is 0 Å². The van der Waals surface area contributed by atoms with Crippen molar-refractivity contribution in [3.8, 4) is 62.0 Å². The van der Waals surface area contributed by atoms with E-state index in [-0.39, 0.29) is 11.6 Å². The fraction of sp³-hybridized carbons (Fsp3) is 0.0984. The summed E-state index contributed by atoms with van der Waals surface area (Å²) in [6.45, 7) is 8.27. The Hall–Kier alpha value is -8.35. The minimum atomic E-state index is -5.12. The molecule has 0 unspecified atom stereocenters. The fourth-order valence-corrected chi connectivity index (χ4v) is 10.4. The average Bonchev–Trinajstić information content (AvgIpc) is 3.84. The van der Waals surface area contributed by atoms with Crippen LogP contribution in [0, 0.1) is 39.0 Å². The lowest BCUT2D eigenvalue weighted by atomic mass is 9.92. The van der Waals surface area contributed by atoms with E-state index in [1.807, 2.05) is 54.6 Å². The SMILES string of the molecule is Cc1cc(C)cc(-c2ccc3c(c2)c2ccccc2n3-c2ccc(C#N)cc2-c2cc(-c3ccc(C(F)(F)F)cc3C(F)(F)F)ccc2-n2c3ccccc3c3cc(-c4cc(C)cc(C)c4)ccc32)c1. The molecule has 0 radical (unpaired) electrons.